The van der Waals surface area contributed by atoms with Crippen molar-refractivity contribution in [3.63, 3.8) is 0 Å². The van der Waals surface area contributed by atoms with Gasteiger partial charge >= 0.3 is 0 Å². The van der Waals surface area contributed by atoms with E-state index < -0.39 is 0 Å². The maximum absolute atomic E-state index is 4.27. The largest absolute Gasteiger partial charge is 0.378 e. The summed E-state index contributed by atoms with van der Waals surface area (Å²) in [6, 6.07) is 18.0. The molecular weight excluding hydrogens is 366 g/mol. The number of benzene rings is 2. The molecule has 0 aliphatic rings. The average molecular weight is 384 g/mol. The minimum absolute atomic E-state index is 0.732. The van der Waals surface area contributed by atoms with Crippen molar-refractivity contribution in [3.05, 3.63) is 65.4 Å². The van der Waals surface area contributed by atoms with Crippen LogP contribution in [0.5, 0.6) is 0 Å². The molecule has 0 unspecified atom stereocenters. The smallest absolute Gasteiger partial charge is 0.135 e. The van der Waals surface area contributed by atoms with Crippen molar-refractivity contribution in [3.8, 4) is 0 Å². The van der Waals surface area contributed by atoms with E-state index >= 15 is 0 Å². The molecule has 3 rings (SSSR count). The topological polar surface area (TPSA) is 53.1 Å². The van der Waals surface area contributed by atoms with Crippen LogP contribution in [-0.2, 0) is 0 Å². The molecule has 1 aromatic heterocycles. The molecule has 3 aromatic rings. The van der Waals surface area contributed by atoms with Crippen molar-refractivity contribution in [2.24, 2.45) is 0 Å². The highest BCUT2D eigenvalue weighted by molar-refractivity contribution is 9.10. The average Bonchev–Trinajstić information content (AvgIpc) is 2.56. The second kappa shape index (κ2) is 7.31. The van der Waals surface area contributed by atoms with Crippen molar-refractivity contribution in [2.45, 2.75) is 0 Å². The minimum Gasteiger partial charge on any atom is -0.378 e. The fourth-order valence-electron chi connectivity index (χ4n) is 2.20. The van der Waals surface area contributed by atoms with Crippen LogP contribution in [0.2, 0.25) is 0 Å². The molecule has 0 atom stereocenters. The van der Waals surface area contributed by atoms with Crippen molar-refractivity contribution in [1.29, 1.82) is 0 Å². The van der Waals surface area contributed by atoms with Gasteiger partial charge in [0.2, 0.25) is 0 Å². The van der Waals surface area contributed by atoms with Crippen LogP contribution in [0, 0.1) is 0 Å². The molecule has 0 bridgehead atoms. The Morgan fingerprint density at radius 1 is 0.833 bits per heavy atom. The number of nitrogens with one attached hydrogen (secondary N) is 2. The molecule has 2 N–H and O–H groups in total. The molecule has 0 radical (unpaired) electrons. The summed E-state index contributed by atoms with van der Waals surface area (Å²) >= 11 is 3.46. The zero-order chi connectivity index (χ0) is 16.9. The number of aromatic nitrogens is 2. The molecular formula is C18H18BrN5. The van der Waals surface area contributed by atoms with Crippen LogP contribution < -0.4 is 15.5 Å². The summed E-state index contributed by atoms with van der Waals surface area (Å²) in [4.78, 5) is 10.6. The summed E-state index contributed by atoms with van der Waals surface area (Å²) in [6.07, 6.45) is 1.54. The van der Waals surface area contributed by atoms with Gasteiger partial charge in [-0.15, -0.1) is 0 Å². The van der Waals surface area contributed by atoms with Crippen LogP contribution >= 0.6 is 15.9 Å². The molecule has 0 fully saturated rings. The lowest BCUT2D eigenvalue weighted by Crippen LogP contribution is -2.08. The van der Waals surface area contributed by atoms with E-state index in [0.717, 1.165) is 33.2 Å². The van der Waals surface area contributed by atoms with Crippen molar-refractivity contribution in [1.82, 2.24) is 9.97 Å². The van der Waals surface area contributed by atoms with Gasteiger partial charge in [0.05, 0.1) is 0 Å². The van der Waals surface area contributed by atoms with E-state index in [2.05, 4.69) is 53.6 Å². The van der Waals surface area contributed by atoms with Crippen LogP contribution in [0.3, 0.4) is 0 Å². The van der Waals surface area contributed by atoms with Crippen molar-refractivity contribution < 1.29 is 0 Å². The number of halogens is 1. The molecule has 24 heavy (non-hydrogen) atoms. The van der Waals surface area contributed by atoms with E-state index in [1.165, 1.54) is 6.33 Å². The number of hydrogen-bond donors (Lipinski definition) is 2. The third-order valence-corrected chi connectivity index (χ3v) is 3.91. The van der Waals surface area contributed by atoms with Gasteiger partial charge in [-0.2, -0.15) is 0 Å². The summed E-state index contributed by atoms with van der Waals surface area (Å²) in [5.41, 5.74) is 3.09. The Labute approximate surface area is 149 Å². The molecule has 0 amide bonds. The fourth-order valence-corrected chi connectivity index (χ4v) is 2.60. The molecule has 6 heteroatoms. The molecule has 0 saturated carbocycles. The van der Waals surface area contributed by atoms with Gasteiger partial charge in [0, 0.05) is 41.7 Å². The Morgan fingerprint density at radius 3 is 2.12 bits per heavy atom. The normalized spacial score (nSPS) is 10.3. The van der Waals surface area contributed by atoms with Gasteiger partial charge in [-0.25, -0.2) is 9.97 Å². The van der Waals surface area contributed by atoms with Gasteiger partial charge in [0.15, 0.2) is 0 Å². The molecule has 0 saturated heterocycles. The Morgan fingerprint density at radius 2 is 1.50 bits per heavy atom. The highest BCUT2D eigenvalue weighted by Gasteiger charge is 2.02. The molecule has 2 aromatic carbocycles. The highest BCUT2D eigenvalue weighted by Crippen LogP contribution is 2.22. The predicted molar refractivity (Wildman–Crippen MR) is 104 cm³/mol. The van der Waals surface area contributed by atoms with E-state index in [1.54, 1.807) is 0 Å². The zero-order valence-electron chi connectivity index (χ0n) is 13.5. The van der Waals surface area contributed by atoms with Crippen LogP contribution in [-0.4, -0.2) is 24.1 Å². The Bertz CT molecular complexity index is 818. The van der Waals surface area contributed by atoms with Crippen LogP contribution in [0.15, 0.2) is 65.4 Å². The summed E-state index contributed by atoms with van der Waals surface area (Å²) in [5.74, 6) is 1.47. The van der Waals surface area contributed by atoms with Crippen molar-refractivity contribution in [2.75, 3.05) is 29.6 Å². The van der Waals surface area contributed by atoms with Gasteiger partial charge in [-0.3, -0.25) is 0 Å². The van der Waals surface area contributed by atoms with E-state index in [4.69, 9.17) is 0 Å². The van der Waals surface area contributed by atoms with E-state index in [9.17, 15) is 0 Å². The summed E-state index contributed by atoms with van der Waals surface area (Å²) in [6.45, 7) is 0. The first-order valence-corrected chi connectivity index (χ1v) is 8.28. The third-order valence-electron chi connectivity index (χ3n) is 3.42. The highest BCUT2D eigenvalue weighted by atomic mass is 79.9. The van der Waals surface area contributed by atoms with E-state index in [1.807, 2.05) is 56.6 Å². The fraction of sp³-hybridized carbons (Fsp3) is 0.111. The first-order chi connectivity index (χ1) is 11.6. The molecule has 0 aliphatic carbocycles. The molecule has 5 nitrogen and oxygen atoms in total. The number of nitrogens with zero attached hydrogens (tertiary/aromatic N) is 3. The SMILES string of the molecule is CN(C)c1ccc(Nc2cc(Nc3cccc(Br)c3)ncn2)cc1. The minimum atomic E-state index is 0.732. The van der Waals surface area contributed by atoms with Gasteiger partial charge in [0.25, 0.3) is 0 Å². The molecule has 0 spiro atoms. The Hall–Kier alpha value is -2.60. The maximum atomic E-state index is 4.27. The molecule has 0 aliphatic heterocycles. The second-order valence-corrected chi connectivity index (χ2v) is 6.41. The quantitative estimate of drug-likeness (QED) is 0.662. The summed E-state index contributed by atoms with van der Waals surface area (Å²) in [7, 11) is 4.04. The Balaban J connectivity index is 1.73. The third kappa shape index (κ3) is 4.23. The first kappa shape index (κ1) is 16.3. The predicted octanol–water partition coefficient (Wildman–Crippen LogP) is 4.79. The van der Waals surface area contributed by atoms with Gasteiger partial charge in [0.1, 0.15) is 18.0 Å². The van der Waals surface area contributed by atoms with E-state index in [-0.39, 0.29) is 0 Å². The standard InChI is InChI=1S/C18H18BrN5/c1-24(2)16-8-6-14(7-9-16)22-17-11-18(21-12-20-17)23-15-5-3-4-13(19)10-15/h3-12H,1-2H3,(H2,20,21,22,23). The van der Waals surface area contributed by atoms with Crippen LogP contribution in [0.4, 0.5) is 28.7 Å². The molecule has 1 heterocycles. The van der Waals surface area contributed by atoms with E-state index in [0.29, 0.717) is 0 Å². The summed E-state index contributed by atoms with van der Waals surface area (Å²) < 4.78 is 1.01. The first-order valence-electron chi connectivity index (χ1n) is 7.49. The Kier molecular flexibility index (Phi) is 4.96. The second-order valence-electron chi connectivity index (χ2n) is 5.49. The lowest BCUT2D eigenvalue weighted by atomic mass is 10.2. The zero-order valence-corrected chi connectivity index (χ0v) is 15.1. The lowest BCUT2D eigenvalue weighted by Gasteiger charge is -2.13. The lowest BCUT2D eigenvalue weighted by molar-refractivity contribution is 1.13. The van der Waals surface area contributed by atoms with Gasteiger partial charge in [-0.1, -0.05) is 22.0 Å². The monoisotopic (exact) mass is 383 g/mol. The van der Waals surface area contributed by atoms with Crippen molar-refractivity contribution >= 4 is 44.6 Å². The maximum Gasteiger partial charge on any atom is 0.135 e. The van der Waals surface area contributed by atoms with Crippen LogP contribution in [0.1, 0.15) is 0 Å². The summed E-state index contributed by atoms with van der Waals surface area (Å²) in [5, 5.41) is 6.56. The number of rotatable bonds is 5. The van der Waals surface area contributed by atoms with Gasteiger partial charge < -0.3 is 15.5 Å². The van der Waals surface area contributed by atoms with Gasteiger partial charge in [-0.05, 0) is 42.5 Å². The van der Waals surface area contributed by atoms with Crippen LogP contribution in [0.25, 0.3) is 0 Å². The molecule has 122 valence electrons. The number of anilines is 5. The number of hydrogen-bond acceptors (Lipinski definition) is 5.